The van der Waals surface area contributed by atoms with Gasteiger partial charge in [-0.15, -0.1) is 11.8 Å². The number of amides is 3. The predicted molar refractivity (Wildman–Crippen MR) is 176 cm³/mol. The van der Waals surface area contributed by atoms with Gasteiger partial charge in [-0.05, 0) is 80.8 Å². The highest BCUT2D eigenvalue weighted by Crippen LogP contribution is 2.37. The Balaban J connectivity index is 1.90. The first kappa shape index (κ1) is 34.3. The molecule has 0 saturated carbocycles. The van der Waals surface area contributed by atoms with Crippen LogP contribution in [0.3, 0.4) is 0 Å². The minimum Gasteiger partial charge on any atom is -0.491 e. The largest absolute Gasteiger partial charge is 0.491 e. The lowest BCUT2D eigenvalue weighted by Crippen LogP contribution is -2.43. The van der Waals surface area contributed by atoms with Crippen molar-refractivity contribution in [2.24, 2.45) is 11.8 Å². The van der Waals surface area contributed by atoms with E-state index in [-0.39, 0.29) is 35.1 Å². The van der Waals surface area contributed by atoms with Crippen molar-refractivity contribution in [3.05, 3.63) is 53.6 Å². The molecule has 9 heteroatoms. The van der Waals surface area contributed by atoms with E-state index >= 15 is 0 Å². The van der Waals surface area contributed by atoms with Crippen molar-refractivity contribution in [1.29, 1.82) is 0 Å². The number of ether oxygens (including phenoxy) is 1. The average Bonchev–Trinajstić information content (AvgIpc) is 3.33. The molecule has 1 heterocycles. The number of carbonyl (C=O) groups is 3. The number of carbonyl (C=O) groups excluding carboxylic acids is 2. The van der Waals surface area contributed by atoms with E-state index in [2.05, 4.69) is 19.2 Å². The fourth-order valence-electron chi connectivity index (χ4n) is 5.41. The van der Waals surface area contributed by atoms with Gasteiger partial charge in [0.2, 0.25) is 5.91 Å². The van der Waals surface area contributed by atoms with Crippen LogP contribution in [-0.4, -0.2) is 58.2 Å². The van der Waals surface area contributed by atoms with Crippen LogP contribution in [0, 0.1) is 11.8 Å². The van der Waals surface area contributed by atoms with Crippen molar-refractivity contribution in [1.82, 2.24) is 4.90 Å². The molecule has 8 nitrogen and oxygen atoms in total. The summed E-state index contributed by atoms with van der Waals surface area (Å²) in [5.41, 5.74) is 2.74. The summed E-state index contributed by atoms with van der Waals surface area (Å²) >= 11 is 1.75. The number of benzene rings is 2. The summed E-state index contributed by atoms with van der Waals surface area (Å²) in [6.45, 7) is 16.0. The number of carboxylic acid groups (broad SMARTS) is 1. The molecule has 0 spiro atoms. The summed E-state index contributed by atoms with van der Waals surface area (Å²) in [7, 11) is 0. The summed E-state index contributed by atoms with van der Waals surface area (Å²) in [5, 5.41) is 13.3. The third kappa shape index (κ3) is 8.91. The van der Waals surface area contributed by atoms with Crippen molar-refractivity contribution in [3.63, 3.8) is 0 Å². The lowest BCUT2D eigenvalue weighted by atomic mass is 9.91. The standard InChI is InChI=1S/C34H49N3O5S/c1-8-18-42-30-16-13-26(21-29(30)36(22-23(4)5)31(38)25(9-2)10-3)28(32(39)40)20-24-11-14-27(15-12-24)35-33(41)37-17-19-43-34(37,6)7/h11-16,21,23,25,28H,8-10,17-20,22H2,1-7H3,(H,35,41)(H,39,40). The van der Waals surface area contributed by atoms with Crippen molar-refractivity contribution < 1.29 is 24.2 Å². The summed E-state index contributed by atoms with van der Waals surface area (Å²) in [4.78, 5) is 42.5. The molecule has 2 aromatic carbocycles. The molecule has 1 saturated heterocycles. The summed E-state index contributed by atoms with van der Waals surface area (Å²) in [6, 6.07) is 12.6. The number of hydrogen-bond donors (Lipinski definition) is 2. The Morgan fingerprint density at radius 3 is 2.28 bits per heavy atom. The molecular formula is C34H49N3O5S. The molecule has 236 valence electrons. The molecule has 1 fully saturated rings. The summed E-state index contributed by atoms with van der Waals surface area (Å²) in [5.74, 6) is -0.138. The van der Waals surface area contributed by atoms with Gasteiger partial charge in [0.15, 0.2) is 0 Å². The highest BCUT2D eigenvalue weighted by atomic mass is 32.2. The molecule has 1 aliphatic heterocycles. The zero-order chi connectivity index (χ0) is 31.7. The molecular weight excluding hydrogens is 562 g/mol. The average molecular weight is 612 g/mol. The topological polar surface area (TPSA) is 99.2 Å². The maximum Gasteiger partial charge on any atom is 0.322 e. The number of nitrogens with zero attached hydrogens (tertiary/aromatic N) is 2. The number of hydrogen-bond acceptors (Lipinski definition) is 5. The third-order valence-electron chi connectivity index (χ3n) is 7.89. The van der Waals surface area contributed by atoms with Crippen molar-refractivity contribution in [2.75, 3.05) is 35.7 Å². The number of aliphatic carboxylic acids is 1. The molecule has 0 radical (unpaired) electrons. The normalized spacial score (nSPS) is 15.0. The second-order valence-corrected chi connectivity index (χ2v) is 13.8. The minimum atomic E-state index is -0.943. The quantitative estimate of drug-likeness (QED) is 0.228. The van der Waals surface area contributed by atoms with Gasteiger partial charge in [0.25, 0.3) is 0 Å². The molecule has 1 aliphatic rings. The first-order valence-corrected chi connectivity index (χ1v) is 16.5. The number of nitrogens with one attached hydrogen (secondary N) is 1. The lowest BCUT2D eigenvalue weighted by Gasteiger charge is -2.30. The van der Waals surface area contributed by atoms with Crippen LogP contribution in [0.2, 0.25) is 0 Å². The van der Waals surface area contributed by atoms with Gasteiger partial charge < -0.3 is 25.0 Å². The van der Waals surface area contributed by atoms with Crippen molar-refractivity contribution in [2.45, 2.75) is 84.9 Å². The highest BCUT2D eigenvalue weighted by molar-refractivity contribution is 8.00. The SMILES string of the molecule is CCCOc1ccc(C(Cc2ccc(NC(=O)N3CCSC3(C)C)cc2)C(=O)O)cc1N(CC(C)C)C(=O)C(CC)CC. The van der Waals surface area contributed by atoms with Gasteiger partial charge in [0.1, 0.15) is 5.75 Å². The molecule has 0 aromatic heterocycles. The molecule has 1 atom stereocenters. The van der Waals surface area contributed by atoms with Crippen LogP contribution in [0.1, 0.15) is 84.8 Å². The van der Waals surface area contributed by atoms with Crippen LogP contribution in [-0.2, 0) is 16.0 Å². The fraction of sp³-hybridized carbons (Fsp3) is 0.559. The molecule has 2 aromatic rings. The molecule has 0 bridgehead atoms. The van der Waals surface area contributed by atoms with E-state index in [4.69, 9.17) is 4.74 Å². The lowest BCUT2D eigenvalue weighted by molar-refractivity contribution is -0.138. The Kier molecular flexibility index (Phi) is 12.4. The van der Waals surface area contributed by atoms with Crippen LogP contribution in [0.25, 0.3) is 0 Å². The molecule has 3 rings (SSSR count). The van der Waals surface area contributed by atoms with Gasteiger partial charge in [-0.3, -0.25) is 9.59 Å². The van der Waals surface area contributed by atoms with Gasteiger partial charge >= 0.3 is 12.0 Å². The van der Waals surface area contributed by atoms with Crippen LogP contribution < -0.4 is 15.0 Å². The van der Waals surface area contributed by atoms with E-state index in [1.165, 1.54) is 0 Å². The van der Waals surface area contributed by atoms with Gasteiger partial charge in [-0.1, -0.05) is 52.8 Å². The monoisotopic (exact) mass is 611 g/mol. The summed E-state index contributed by atoms with van der Waals surface area (Å²) in [6.07, 6.45) is 2.54. The van der Waals surface area contributed by atoms with Gasteiger partial charge in [-0.2, -0.15) is 0 Å². The van der Waals surface area contributed by atoms with E-state index in [0.29, 0.717) is 42.4 Å². The van der Waals surface area contributed by atoms with Crippen LogP contribution in [0.15, 0.2) is 42.5 Å². The number of urea groups is 1. The van der Waals surface area contributed by atoms with Gasteiger partial charge in [0, 0.05) is 30.4 Å². The Labute approximate surface area is 261 Å². The molecule has 0 aliphatic carbocycles. The van der Waals surface area contributed by atoms with E-state index < -0.39 is 11.9 Å². The van der Waals surface area contributed by atoms with Crippen molar-refractivity contribution in [3.8, 4) is 5.75 Å². The Morgan fingerprint density at radius 2 is 1.74 bits per heavy atom. The van der Waals surface area contributed by atoms with E-state index in [1.54, 1.807) is 28.8 Å². The maximum absolute atomic E-state index is 13.7. The Morgan fingerprint density at radius 1 is 1.07 bits per heavy atom. The molecule has 2 N–H and O–H groups in total. The second-order valence-electron chi connectivity index (χ2n) is 12.1. The first-order valence-electron chi connectivity index (χ1n) is 15.5. The van der Waals surface area contributed by atoms with E-state index in [0.717, 1.165) is 30.6 Å². The Hall–Kier alpha value is -3.20. The van der Waals surface area contributed by atoms with E-state index in [9.17, 15) is 19.5 Å². The first-order chi connectivity index (χ1) is 20.4. The number of carboxylic acids is 1. The zero-order valence-electron chi connectivity index (χ0n) is 26.8. The highest BCUT2D eigenvalue weighted by Gasteiger charge is 2.36. The van der Waals surface area contributed by atoms with Gasteiger partial charge in [-0.25, -0.2) is 4.79 Å². The molecule has 43 heavy (non-hydrogen) atoms. The minimum absolute atomic E-state index is 0.0395. The molecule has 1 unspecified atom stereocenters. The van der Waals surface area contributed by atoms with Crippen LogP contribution >= 0.6 is 11.8 Å². The van der Waals surface area contributed by atoms with Crippen LogP contribution in [0.4, 0.5) is 16.2 Å². The smallest absolute Gasteiger partial charge is 0.322 e. The second kappa shape index (κ2) is 15.5. The van der Waals surface area contributed by atoms with Crippen molar-refractivity contribution >= 4 is 41.0 Å². The third-order valence-corrected chi connectivity index (χ3v) is 9.21. The van der Waals surface area contributed by atoms with Gasteiger partial charge in [0.05, 0.1) is 23.1 Å². The number of rotatable bonds is 14. The Bertz CT molecular complexity index is 1240. The predicted octanol–water partition coefficient (Wildman–Crippen LogP) is 7.63. The fourth-order valence-corrected chi connectivity index (χ4v) is 6.51. The summed E-state index contributed by atoms with van der Waals surface area (Å²) < 4.78 is 6.07. The van der Waals surface area contributed by atoms with Crippen LogP contribution in [0.5, 0.6) is 5.75 Å². The molecule has 3 amide bonds. The van der Waals surface area contributed by atoms with E-state index in [1.807, 2.05) is 69.9 Å². The maximum atomic E-state index is 13.7. The number of thioether (sulfide) groups is 1. The zero-order valence-corrected chi connectivity index (χ0v) is 27.6. The number of anilines is 2.